The number of nitrogens with two attached hydrogens (primary N) is 1. The van der Waals surface area contributed by atoms with Crippen molar-refractivity contribution in [1.29, 1.82) is 0 Å². The van der Waals surface area contributed by atoms with Crippen molar-refractivity contribution < 1.29 is 4.52 Å². The molecule has 0 bridgehead atoms. The molecule has 0 aliphatic carbocycles. The van der Waals surface area contributed by atoms with E-state index >= 15 is 0 Å². The van der Waals surface area contributed by atoms with Crippen molar-refractivity contribution in [1.82, 2.24) is 10.1 Å². The minimum Gasteiger partial charge on any atom is -0.375 e. The summed E-state index contributed by atoms with van der Waals surface area (Å²) < 4.78 is 6.53. The number of anilines is 1. The van der Waals surface area contributed by atoms with Gasteiger partial charge in [0.2, 0.25) is 0 Å². The van der Waals surface area contributed by atoms with Crippen LogP contribution >= 0.6 is 23.1 Å². The first-order chi connectivity index (χ1) is 10.1. The molecule has 0 aliphatic rings. The Kier molecular flexibility index (Phi) is 3.98. The Morgan fingerprint density at radius 1 is 1.24 bits per heavy atom. The minimum atomic E-state index is 0.605. The van der Waals surface area contributed by atoms with Gasteiger partial charge in [0.1, 0.15) is 11.5 Å². The van der Waals surface area contributed by atoms with E-state index in [1.54, 1.807) is 11.8 Å². The summed E-state index contributed by atoms with van der Waals surface area (Å²) in [7, 11) is 0. The van der Waals surface area contributed by atoms with E-state index in [1.807, 2.05) is 13.0 Å². The SMILES string of the molecule is Cc1ccc(-c2cc(CSc3sc(N)nc3C)on2)cc1. The number of thiazole rings is 1. The van der Waals surface area contributed by atoms with Crippen LogP contribution in [0, 0.1) is 13.8 Å². The highest BCUT2D eigenvalue weighted by molar-refractivity contribution is 8.00. The molecule has 1 aromatic carbocycles. The van der Waals surface area contributed by atoms with Crippen molar-refractivity contribution in [2.75, 3.05) is 5.73 Å². The van der Waals surface area contributed by atoms with Crippen LogP contribution in [-0.2, 0) is 5.75 Å². The second-order valence-electron chi connectivity index (χ2n) is 4.76. The summed E-state index contributed by atoms with van der Waals surface area (Å²) in [6, 6.07) is 10.2. The van der Waals surface area contributed by atoms with Gasteiger partial charge in [-0.25, -0.2) is 4.98 Å². The number of aryl methyl sites for hydroxylation is 2. The maximum absolute atomic E-state index is 5.70. The van der Waals surface area contributed by atoms with Gasteiger partial charge >= 0.3 is 0 Å². The van der Waals surface area contributed by atoms with E-state index in [0.29, 0.717) is 5.13 Å². The molecule has 0 saturated carbocycles. The summed E-state index contributed by atoms with van der Waals surface area (Å²) >= 11 is 3.18. The van der Waals surface area contributed by atoms with Crippen LogP contribution in [0.15, 0.2) is 39.1 Å². The molecule has 0 saturated heterocycles. The van der Waals surface area contributed by atoms with E-state index in [2.05, 4.69) is 41.3 Å². The molecule has 0 fully saturated rings. The molecule has 21 heavy (non-hydrogen) atoms. The standard InChI is InChI=1S/C15H15N3OS2/c1-9-3-5-11(6-4-9)13-7-12(19-18-13)8-20-14-10(2)17-15(16)21-14/h3-7H,8H2,1-2H3,(H2,16,17). The van der Waals surface area contributed by atoms with Crippen LogP contribution in [-0.4, -0.2) is 10.1 Å². The number of nitrogens with zero attached hydrogens (tertiary/aromatic N) is 2. The second-order valence-corrected chi connectivity index (χ2v) is 7.03. The summed E-state index contributed by atoms with van der Waals surface area (Å²) in [4.78, 5) is 4.21. The summed E-state index contributed by atoms with van der Waals surface area (Å²) in [6.45, 7) is 4.03. The third kappa shape index (κ3) is 3.28. The van der Waals surface area contributed by atoms with Gasteiger partial charge in [-0.05, 0) is 13.8 Å². The Hall–Kier alpha value is -1.79. The Bertz CT molecular complexity index is 747. The first-order valence-electron chi connectivity index (χ1n) is 6.50. The Balaban J connectivity index is 1.70. The van der Waals surface area contributed by atoms with Gasteiger partial charge in [-0.3, -0.25) is 0 Å². The quantitative estimate of drug-likeness (QED) is 0.727. The number of thioether (sulfide) groups is 1. The van der Waals surface area contributed by atoms with Crippen LogP contribution in [0.25, 0.3) is 11.3 Å². The molecule has 4 nitrogen and oxygen atoms in total. The lowest BCUT2D eigenvalue weighted by Crippen LogP contribution is -1.80. The van der Waals surface area contributed by atoms with E-state index in [1.165, 1.54) is 16.9 Å². The molecular formula is C15H15N3OS2. The molecule has 0 aliphatic heterocycles. The summed E-state index contributed by atoms with van der Waals surface area (Å²) in [5, 5.41) is 4.74. The Morgan fingerprint density at radius 3 is 2.67 bits per heavy atom. The number of benzene rings is 1. The van der Waals surface area contributed by atoms with E-state index in [4.69, 9.17) is 10.3 Å². The highest BCUT2D eigenvalue weighted by atomic mass is 32.2. The van der Waals surface area contributed by atoms with Gasteiger partial charge in [0, 0.05) is 11.6 Å². The van der Waals surface area contributed by atoms with E-state index < -0.39 is 0 Å². The molecule has 0 radical (unpaired) electrons. The Morgan fingerprint density at radius 2 is 2.00 bits per heavy atom. The number of rotatable bonds is 4. The fourth-order valence-electron chi connectivity index (χ4n) is 1.91. The summed E-state index contributed by atoms with van der Waals surface area (Å²) in [5.41, 5.74) is 9.84. The normalized spacial score (nSPS) is 11.0. The molecule has 3 rings (SSSR count). The van der Waals surface area contributed by atoms with Crippen LogP contribution in [0.5, 0.6) is 0 Å². The fourth-order valence-corrected chi connectivity index (χ4v) is 3.81. The molecule has 0 amide bonds. The maximum Gasteiger partial charge on any atom is 0.181 e. The minimum absolute atomic E-state index is 0.605. The fraction of sp³-hybridized carbons (Fsp3) is 0.200. The van der Waals surface area contributed by atoms with Gasteiger partial charge in [0.05, 0.1) is 15.7 Å². The molecule has 3 aromatic rings. The number of hydrogen-bond acceptors (Lipinski definition) is 6. The molecule has 2 aromatic heterocycles. The zero-order valence-corrected chi connectivity index (χ0v) is 13.4. The summed E-state index contributed by atoms with van der Waals surface area (Å²) in [6.07, 6.45) is 0. The van der Waals surface area contributed by atoms with E-state index in [-0.39, 0.29) is 0 Å². The second kappa shape index (κ2) is 5.91. The van der Waals surface area contributed by atoms with Crippen molar-refractivity contribution in [2.24, 2.45) is 0 Å². The smallest absolute Gasteiger partial charge is 0.181 e. The predicted octanol–water partition coefficient (Wildman–Crippen LogP) is 4.29. The zero-order valence-electron chi connectivity index (χ0n) is 11.8. The predicted molar refractivity (Wildman–Crippen MR) is 87.5 cm³/mol. The van der Waals surface area contributed by atoms with Crippen LogP contribution in [0.2, 0.25) is 0 Å². The van der Waals surface area contributed by atoms with Crippen LogP contribution in [0.3, 0.4) is 0 Å². The van der Waals surface area contributed by atoms with Crippen LogP contribution in [0.1, 0.15) is 17.0 Å². The Labute approximate surface area is 131 Å². The average molecular weight is 317 g/mol. The lowest BCUT2D eigenvalue weighted by molar-refractivity contribution is 0.397. The van der Waals surface area contributed by atoms with Gasteiger partial charge < -0.3 is 10.3 Å². The molecular weight excluding hydrogens is 302 g/mol. The zero-order chi connectivity index (χ0) is 14.8. The van der Waals surface area contributed by atoms with Gasteiger partial charge in [-0.2, -0.15) is 0 Å². The van der Waals surface area contributed by atoms with E-state index in [9.17, 15) is 0 Å². The van der Waals surface area contributed by atoms with Gasteiger partial charge in [-0.15, -0.1) is 11.8 Å². The molecule has 2 N–H and O–H groups in total. The van der Waals surface area contributed by atoms with Crippen molar-refractivity contribution in [3.63, 3.8) is 0 Å². The third-order valence-corrected chi connectivity index (χ3v) is 5.39. The lowest BCUT2D eigenvalue weighted by atomic mass is 10.1. The third-order valence-electron chi connectivity index (χ3n) is 3.02. The molecule has 108 valence electrons. The van der Waals surface area contributed by atoms with Gasteiger partial charge in [0.15, 0.2) is 5.13 Å². The molecule has 6 heteroatoms. The van der Waals surface area contributed by atoms with Gasteiger partial charge in [0.25, 0.3) is 0 Å². The van der Waals surface area contributed by atoms with E-state index in [0.717, 1.165) is 32.7 Å². The first-order valence-corrected chi connectivity index (χ1v) is 8.30. The van der Waals surface area contributed by atoms with Crippen LogP contribution < -0.4 is 5.73 Å². The maximum atomic E-state index is 5.70. The molecule has 0 unspecified atom stereocenters. The summed E-state index contributed by atoms with van der Waals surface area (Å²) in [5.74, 6) is 1.57. The highest BCUT2D eigenvalue weighted by Crippen LogP contribution is 2.33. The van der Waals surface area contributed by atoms with Crippen molar-refractivity contribution >= 4 is 28.2 Å². The van der Waals surface area contributed by atoms with Crippen LogP contribution in [0.4, 0.5) is 5.13 Å². The number of aromatic nitrogens is 2. The van der Waals surface area contributed by atoms with Crippen molar-refractivity contribution in [3.05, 3.63) is 47.3 Å². The molecule has 0 spiro atoms. The number of hydrogen-bond donors (Lipinski definition) is 1. The first kappa shape index (κ1) is 14.2. The van der Waals surface area contributed by atoms with Crippen molar-refractivity contribution in [2.45, 2.75) is 23.8 Å². The van der Waals surface area contributed by atoms with Gasteiger partial charge in [-0.1, -0.05) is 46.3 Å². The molecule has 2 heterocycles. The van der Waals surface area contributed by atoms with Crippen molar-refractivity contribution in [3.8, 4) is 11.3 Å². The highest BCUT2D eigenvalue weighted by Gasteiger charge is 2.10. The topological polar surface area (TPSA) is 64.9 Å². The average Bonchev–Trinajstić information content (AvgIpc) is 3.04. The molecule has 0 atom stereocenters. The number of nitrogen functional groups attached to an aromatic ring is 1. The largest absolute Gasteiger partial charge is 0.375 e. The monoisotopic (exact) mass is 317 g/mol. The lowest BCUT2D eigenvalue weighted by Gasteiger charge is -1.95.